The second kappa shape index (κ2) is 11.5. The first-order chi connectivity index (χ1) is 16.5. The van der Waals surface area contributed by atoms with Gasteiger partial charge < -0.3 is 4.90 Å². The summed E-state index contributed by atoms with van der Waals surface area (Å²) in [6.07, 6.45) is 9.22. The molecule has 2 saturated heterocycles. The zero-order valence-electron chi connectivity index (χ0n) is 19.6. The molecule has 0 aromatic carbocycles. The quantitative estimate of drug-likeness (QED) is 0.148. The number of piperazine rings is 1. The second-order valence-electron chi connectivity index (χ2n) is 9.40. The summed E-state index contributed by atoms with van der Waals surface area (Å²) in [5, 5.41) is 10.6. The smallest absolute Gasteiger partial charge is 0.243 e. The minimum Gasteiger partial charge on any atom is -0.351 e. The Balaban J connectivity index is 1.45. The van der Waals surface area contributed by atoms with Crippen LogP contribution < -0.4 is 15.8 Å². The van der Waals surface area contributed by atoms with Crippen LogP contribution >= 0.6 is 11.8 Å². The van der Waals surface area contributed by atoms with E-state index in [1.54, 1.807) is 0 Å². The Morgan fingerprint density at radius 1 is 1.26 bits per heavy atom. The molecule has 10 nitrogen and oxygen atoms in total. The zero-order chi connectivity index (χ0) is 24.1. The Hall–Kier alpha value is -2.18. The van der Waals surface area contributed by atoms with Crippen LogP contribution in [0, 0.1) is 17.7 Å². The van der Waals surface area contributed by atoms with Gasteiger partial charge in [-0.05, 0) is 38.0 Å². The van der Waals surface area contributed by atoms with Crippen LogP contribution in [0.5, 0.6) is 0 Å². The van der Waals surface area contributed by atoms with E-state index in [9.17, 15) is 14.8 Å². The van der Waals surface area contributed by atoms with Crippen LogP contribution in [-0.2, 0) is 9.59 Å². The average molecular weight is 496 g/mol. The number of carbonyl (C=O) groups excluding carboxylic acids is 2. The number of aromatic nitrogens is 2. The highest BCUT2D eigenvalue weighted by Crippen LogP contribution is 2.31. The van der Waals surface area contributed by atoms with E-state index in [1.165, 1.54) is 11.8 Å². The van der Waals surface area contributed by atoms with Gasteiger partial charge in [0.2, 0.25) is 18.1 Å². The first kappa shape index (κ1) is 24.9. The van der Waals surface area contributed by atoms with Gasteiger partial charge in [-0.25, -0.2) is 15.0 Å². The molecule has 1 aromatic rings. The van der Waals surface area contributed by atoms with Crippen LogP contribution in [0.3, 0.4) is 0 Å². The third kappa shape index (κ3) is 5.89. The number of nitrogens with zero attached hydrogens (tertiary/aromatic N) is 5. The van der Waals surface area contributed by atoms with Crippen LogP contribution in [0.1, 0.15) is 44.9 Å². The molecule has 0 unspecified atom stereocenters. The SMILES string of the molecule is CSc1nc(NNC(=O)[C@H](CC2CCCC2)CN(O)C=O)c(F)c(N2CCN3CCC[C@H]3C2)n1. The normalized spacial score (nSPS) is 21.9. The average Bonchev–Trinajstić information content (AvgIpc) is 3.54. The van der Waals surface area contributed by atoms with E-state index in [1.807, 2.05) is 11.2 Å². The summed E-state index contributed by atoms with van der Waals surface area (Å²) >= 11 is 1.31. The maximum atomic E-state index is 15.5. The second-order valence-corrected chi connectivity index (χ2v) is 10.2. The van der Waals surface area contributed by atoms with E-state index in [2.05, 4.69) is 25.7 Å². The Morgan fingerprint density at radius 2 is 2.06 bits per heavy atom. The summed E-state index contributed by atoms with van der Waals surface area (Å²) in [5.41, 5.74) is 5.20. The maximum absolute atomic E-state index is 15.5. The molecule has 1 saturated carbocycles. The Kier molecular flexibility index (Phi) is 8.43. The van der Waals surface area contributed by atoms with Crippen molar-refractivity contribution in [2.45, 2.75) is 56.1 Å². The van der Waals surface area contributed by atoms with E-state index in [-0.39, 0.29) is 24.6 Å². The lowest BCUT2D eigenvalue weighted by atomic mass is 9.92. The maximum Gasteiger partial charge on any atom is 0.243 e. The van der Waals surface area contributed by atoms with Crippen LogP contribution in [0.25, 0.3) is 0 Å². The van der Waals surface area contributed by atoms with Gasteiger partial charge in [-0.2, -0.15) is 4.39 Å². The number of hydrogen-bond acceptors (Lipinski definition) is 9. The molecule has 3 heterocycles. The van der Waals surface area contributed by atoms with Crippen molar-refractivity contribution in [3.05, 3.63) is 5.82 Å². The van der Waals surface area contributed by atoms with E-state index in [0.29, 0.717) is 35.1 Å². The molecule has 0 spiro atoms. The standard InChI is InChI=1S/C22H34FN7O3S/c1-34-22-24-19(18(23)20(25-22)29-10-9-28-8-4-7-17(28)13-29)26-27-21(32)16(12-30(33)14-31)11-15-5-2-3-6-15/h14-17,33H,2-13H2,1H3,(H,27,32)(H,24,25,26)/t16-,17+/m1/s1. The lowest BCUT2D eigenvalue weighted by molar-refractivity contribution is -0.154. The molecule has 0 bridgehead atoms. The number of anilines is 2. The molecule has 34 heavy (non-hydrogen) atoms. The summed E-state index contributed by atoms with van der Waals surface area (Å²) in [4.78, 5) is 36.9. The van der Waals surface area contributed by atoms with Crippen molar-refractivity contribution < 1.29 is 19.2 Å². The first-order valence-electron chi connectivity index (χ1n) is 12.1. The summed E-state index contributed by atoms with van der Waals surface area (Å²) in [7, 11) is 0. The number of rotatable bonds is 10. The van der Waals surface area contributed by atoms with E-state index >= 15 is 4.39 Å². The van der Waals surface area contributed by atoms with Gasteiger partial charge in [0.1, 0.15) is 0 Å². The minimum atomic E-state index is -0.620. The van der Waals surface area contributed by atoms with Crippen molar-refractivity contribution in [3.63, 3.8) is 0 Å². The van der Waals surface area contributed by atoms with Crippen molar-refractivity contribution in [2.75, 3.05) is 49.3 Å². The number of halogens is 1. The van der Waals surface area contributed by atoms with Crippen LogP contribution in [0.4, 0.5) is 16.0 Å². The summed E-state index contributed by atoms with van der Waals surface area (Å²) in [6.45, 7) is 3.25. The van der Waals surface area contributed by atoms with Crippen LogP contribution in [0.15, 0.2) is 5.16 Å². The molecular weight excluding hydrogens is 461 g/mol. The zero-order valence-corrected chi connectivity index (χ0v) is 20.4. The molecule has 3 aliphatic rings. The Labute approximate surface area is 203 Å². The predicted molar refractivity (Wildman–Crippen MR) is 127 cm³/mol. The summed E-state index contributed by atoms with van der Waals surface area (Å²) in [6, 6.07) is 0.410. The van der Waals surface area contributed by atoms with Gasteiger partial charge in [0.25, 0.3) is 0 Å². The largest absolute Gasteiger partial charge is 0.351 e. The summed E-state index contributed by atoms with van der Waals surface area (Å²) < 4.78 is 15.5. The van der Waals surface area contributed by atoms with E-state index < -0.39 is 17.6 Å². The molecular formula is C22H34FN7O3S. The topological polar surface area (TPSA) is 114 Å². The molecule has 1 aromatic heterocycles. The molecule has 2 aliphatic heterocycles. The van der Waals surface area contributed by atoms with Crippen molar-refractivity contribution >= 4 is 35.7 Å². The third-order valence-electron chi connectivity index (χ3n) is 7.18. The fourth-order valence-corrected chi connectivity index (χ4v) is 5.75. The highest BCUT2D eigenvalue weighted by molar-refractivity contribution is 7.98. The number of amides is 2. The molecule has 3 fully saturated rings. The van der Waals surface area contributed by atoms with Crippen molar-refractivity contribution in [1.82, 2.24) is 25.4 Å². The van der Waals surface area contributed by atoms with Gasteiger partial charge in [0, 0.05) is 25.7 Å². The van der Waals surface area contributed by atoms with Gasteiger partial charge >= 0.3 is 0 Å². The van der Waals surface area contributed by atoms with Gasteiger partial charge in [-0.15, -0.1) is 0 Å². The number of hydrogen-bond donors (Lipinski definition) is 3. The minimum absolute atomic E-state index is 0.0904. The molecule has 188 valence electrons. The number of thioether (sulfide) groups is 1. The fraction of sp³-hybridized carbons (Fsp3) is 0.727. The Morgan fingerprint density at radius 3 is 2.79 bits per heavy atom. The molecule has 2 atom stereocenters. The molecule has 12 heteroatoms. The molecule has 0 radical (unpaired) electrons. The molecule has 2 amide bonds. The number of carbonyl (C=O) groups is 2. The highest BCUT2D eigenvalue weighted by Gasteiger charge is 2.33. The molecule has 1 aliphatic carbocycles. The lowest BCUT2D eigenvalue weighted by Gasteiger charge is -2.38. The van der Waals surface area contributed by atoms with Crippen molar-refractivity contribution in [2.24, 2.45) is 11.8 Å². The number of hydrazine groups is 1. The number of hydroxylamine groups is 2. The van der Waals surface area contributed by atoms with E-state index in [0.717, 1.165) is 58.2 Å². The van der Waals surface area contributed by atoms with Crippen molar-refractivity contribution in [1.29, 1.82) is 0 Å². The van der Waals surface area contributed by atoms with Crippen LogP contribution in [0.2, 0.25) is 0 Å². The number of nitrogens with one attached hydrogen (secondary N) is 2. The summed E-state index contributed by atoms with van der Waals surface area (Å²) in [5.74, 6) is -1.12. The predicted octanol–water partition coefficient (Wildman–Crippen LogP) is 2.11. The van der Waals surface area contributed by atoms with Gasteiger partial charge in [-0.1, -0.05) is 37.4 Å². The number of fused-ring (bicyclic) bond motifs is 1. The lowest BCUT2D eigenvalue weighted by Crippen LogP contribution is -2.50. The first-order valence-corrected chi connectivity index (χ1v) is 13.3. The van der Waals surface area contributed by atoms with E-state index in [4.69, 9.17) is 0 Å². The third-order valence-corrected chi connectivity index (χ3v) is 7.73. The van der Waals surface area contributed by atoms with Gasteiger partial charge in [-0.3, -0.25) is 30.5 Å². The Bertz CT molecular complexity index is 873. The van der Waals surface area contributed by atoms with Crippen molar-refractivity contribution in [3.8, 4) is 0 Å². The van der Waals surface area contributed by atoms with Gasteiger partial charge in [0.05, 0.1) is 12.5 Å². The molecule has 3 N–H and O–H groups in total. The van der Waals surface area contributed by atoms with Crippen LogP contribution in [-0.4, -0.2) is 82.5 Å². The molecule has 4 rings (SSSR count). The monoisotopic (exact) mass is 495 g/mol. The highest BCUT2D eigenvalue weighted by atomic mass is 32.2. The fourth-order valence-electron chi connectivity index (χ4n) is 5.39. The van der Waals surface area contributed by atoms with Gasteiger partial charge in [0.15, 0.2) is 16.8 Å².